The van der Waals surface area contributed by atoms with Gasteiger partial charge in [-0.2, -0.15) is 0 Å². The maximum atomic E-state index is 13.1. The molecule has 0 atom stereocenters. The highest BCUT2D eigenvalue weighted by atomic mass is 35.5. The van der Waals surface area contributed by atoms with Crippen molar-refractivity contribution in [3.63, 3.8) is 0 Å². The van der Waals surface area contributed by atoms with Crippen molar-refractivity contribution in [2.24, 2.45) is 0 Å². The van der Waals surface area contributed by atoms with Crippen molar-refractivity contribution in [2.45, 2.75) is 18.4 Å². The zero-order chi connectivity index (χ0) is 14.8. The van der Waals surface area contributed by atoms with Gasteiger partial charge in [-0.1, -0.05) is 23.7 Å². The van der Waals surface area contributed by atoms with Crippen LogP contribution in [0.15, 0.2) is 47.4 Å². The van der Waals surface area contributed by atoms with Gasteiger partial charge in [-0.3, -0.25) is 0 Å². The van der Waals surface area contributed by atoms with E-state index >= 15 is 0 Å². The highest BCUT2D eigenvalue weighted by Crippen LogP contribution is 2.15. The third-order valence-electron chi connectivity index (χ3n) is 2.81. The zero-order valence-corrected chi connectivity index (χ0v) is 12.3. The van der Waals surface area contributed by atoms with Crippen LogP contribution < -0.4 is 4.72 Å². The largest absolute Gasteiger partial charge is 0.240 e. The minimum absolute atomic E-state index is 0.103. The Hall–Kier alpha value is -1.43. The van der Waals surface area contributed by atoms with Gasteiger partial charge in [-0.15, -0.1) is 0 Å². The summed E-state index contributed by atoms with van der Waals surface area (Å²) in [7, 11) is -3.60. The number of hydrogen-bond donors (Lipinski definition) is 1. The molecule has 6 heteroatoms. The molecule has 0 saturated carbocycles. The first-order valence-corrected chi connectivity index (χ1v) is 7.75. The van der Waals surface area contributed by atoms with Crippen LogP contribution in [-0.2, 0) is 16.6 Å². The second-order valence-corrected chi connectivity index (χ2v) is 6.57. The van der Waals surface area contributed by atoms with Gasteiger partial charge < -0.3 is 0 Å². The molecule has 0 unspecified atom stereocenters. The lowest BCUT2D eigenvalue weighted by Gasteiger charge is -2.08. The van der Waals surface area contributed by atoms with Gasteiger partial charge >= 0.3 is 0 Å². The molecule has 0 aromatic heterocycles. The van der Waals surface area contributed by atoms with Gasteiger partial charge in [0, 0.05) is 11.6 Å². The van der Waals surface area contributed by atoms with Crippen LogP contribution in [0.25, 0.3) is 0 Å². The molecule has 20 heavy (non-hydrogen) atoms. The molecule has 3 nitrogen and oxygen atoms in total. The Balaban J connectivity index is 2.13. The van der Waals surface area contributed by atoms with Gasteiger partial charge in [0.25, 0.3) is 0 Å². The molecule has 0 amide bonds. The molecule has 2 aromatic carbocycles. The highest BCUT2D eigenvalue weighted by Gasteiger charge is 2.13. The summed E-state index contributed by atoms with van der Waals surface area (Å²) >= 11 is 5.72. The Morgan fingerprint density at radius 1 is 1.15 bits per heavy atom. The molecule has 2 rings (SSSR count). The summed E-state index contributed by atoms with van der Waals surface area (Å²) < 4.78 is 39.7. The molecule has 0 fully saturated rings. The third-order valence-corrected chi connectivity index (χ3v) is 4.48. The minimum Gasteiger partial charge on any atom is -0.207 e. The fraction of sp³-hybridized carbons (Fsp3) is 0.143. The standard InChI is InChI=1S/C14H13ClFNO2S/c1-10-8-11(2-7-14(10)16)9-17-20(18,19)13-5-3-12(15)4-6-13/h2-8,17H,9H2,1H3. The van der Waals surface area contributed by atoms with Crippen molar-refractivity contribution in [3.05, 3.63) is 64.4 Å². The topological polar surface area (TPSA) is 46.2 Å². The van der Waals surface area contributed by atoms with E-state index in [0.29, 0.717) is 16.1 Å². The van der Waals surface area contributed by atoms with Crippen molar-refractivity contribution in [1.29, 1.82) is 0 Å². The summed E-state index contributed by atoms with van der Waals surface area (Å²) in [5, 5.41) is 0.470. The monoisotopic (exact) mass is 313 g/mol. The van der Waals surface area contributed by atoms with Crippen LogP contribution in [0.1, 0.15) is 11.1 Å². The molecule has 2 aromatic rings. The SMILES string of the molecule is Cc1cc(CNS(=O)(=O)c2ccc(Cl)cc2)ccc1F. The number of rotatable bonds is 4. The molecule has 0 heterocycles. The lowest BCUT2D eigenvalue weighted by molar-refractivity contribution is 0.581. The summed E-state index contributed by atoms with van der Waals surface area (Å²) in [6.07, 6.45) is 0. The normalized spacial score (nSPS) is 11.6. The summed E-state index contributed by atoms with van der Waals surface area (Å²) in [4.78, 5) is 0.140. The van der Waals surface area contributed by atoms with E-state index in [1.807, 2.05) is 0 Å². The summed E-state index contributed by atoms with van der Waals surface area (Å²) in [6.45, 7) is 1.73. The lowest BCUT2D eigenvalue weighted by Crippen LogP contribution is -2.23. The molecule has 0 aliphatic heterocycles. The van der Waals surface area contributed by atoms with E-state index in [9.17, 15) is 12.8 Å². The fourth-order valence-electron chi connectivity index (χ4n) is 1.69. The van der Waals surface area contributed by atoms with Crippen molar-refractivity contribution >= 4 is 21.6 Å². The van der Waals surface area contributed by atoms with E-state index in [1.54, 1.807) is 19.1 Å². The van der Waals surface area contributed by atoms with E-state index in [4.69, 9.17) is 11.6 Å². The highest BCUT2D eigenvalue weighted by molar-refractivity contribution is 7.89. The smallest absolute Gasteiger partial charge is 0.207 e. The van der Waals surface area contributed by atoms with Crippen LogP contribution in [-0.4, -0.2) is 8.42 Å². The Morgan fingerprint density at radius 2 is 1.80 bits per heavy atom. The van der Waals surface area contributed by atoms with E-state index in [-0.39, 0.29) is 17.3 Å². The van der Waals surface area contributed by atoms with Crippen molar-refractivity contribution < 1.29 is 12.8 Å². The number of benzene rings is 2. The Labute approximate surface area is 122 Å². The third kappa shape index (κ3) is 3.56. The van der Waals surface area contributed by atoms with Crippen LogP contribution in [0.5, 0.6) is 0 Å². The Kier molecular flexibility index (Phi) is 4.42. The van der Waals surface area contributed by atoms with Crippen molar-refractivity contribution in [1.82, 2.24) is 4.72 Å². The van der Waals surface area contributed by atoms with Crippen molar-refractivity contribution in [3.8, 4) is 0 Å². The average molecular weight is 314 g/mol. The maximum Gasteiger partial charge on any atom is 0.240 e. The first-order chi connectivity index (χ1) is 9.38. The van der Waals surface area contributed by atoms with E-state index in [2.05, 4.69) is 4.72 Å². The van der Waals surface area contributed by atoms with Crippen LogP contribution in [0.2, 0.25) is 5.02 Å². The molecular formula is C14H13ClFNO2S. The van der Waals surface area contributed by atoms with Crippen LogP contribution in [0, 0.1) is 12.7 Å². The van der Waals surface area contributed by atoms with Crippen LogP contribution >= 0.6 is 11.6 Å². The molecule has 0 bridgehead atoms. The zero-order valence-electron chi connectivity index (χ0n) is 10.7. The van der Waals surface area contributed by atoms with E-state index in [0.717, 1.165) is 0 Å². The molecule has 0 aliphatic rings. The summed E-state index contributed by atoms with van der Waals surface area (Å²) in [5.74, 6) is -0.311. The first kappa shape index (κ1) is 15.0. The Bertz CT molecular complexity index is 714. The number of halogens is 2. The van der Waals surface area contributed by atoms with Gasteiger partial charge in [0.1, 0.15) is 5.82 Å². The predicted octanol–water partition coefficient (Wildman–Crippen LogP) is 3.27. The second-order valence-electron chi connectivity index (χ2n) is 4.36. The Morgan fingerprint density at radius 3 is 2.40 bits per heavy atom. The lowest BCUT2D eigenvalue weighted by atomic mass is 10.1. The summed E-state index contributed by atoms with van der Waals surface area (Å²) in [5.41, 5.74) is 1.18. The van der Waals surface area contributed by atoms with Crippen molar-refractivity contribution in [2.75, 3.05) is 0 Å². The molecular weight excluding hydrogens is 301 g/mol. The fourth-order valence-corrected chi connectivity index (χ4v) is 2.84. The second kappa shape index (κ2) is 5.91. The summed E-state index contributed by atoms with van der Waals surface area (Å²) in [6, 6.07) is 10.4. The number of nitrogens with one attached hydrogen (secondary N) is 1. The average Bonchev–Trinajstić information content (AvgIpc) is 2.41. The molecule has 0 saturated heterocycles. The first-order valence-electron chi connectivity index (χ1n) is 5.89. The van der Waals surface area contributed by atoms with E-state index < -0.39 is 10.0 Å². The molecule has 106 valence electrons. The van der Waals surface area contributed by atoms with Crippen LogP contribution in [0.3, 0.4) is 0 Å². The number of hydrogen-bond acceptors (Lipinski definition) is 2. The van der Waals surface area contributed by atoms with Gasteiger partial charge in [-0.25, -0.2) is 17.5 Å². The van der Waals surface area contributed by atoms with E-state index in [1.165, 1.54) is 30.3 Å². The maximum absolute atomic E-state index is 13.1. The van der Waals surface area contributed by atoms with Gasteiger partial charge in [0.05, 0.1) is 4.90 Å². The molecule has 0 spiro atoms. The minimum atomic E-state index is -3.60. The number of sulfonamides is 1. The van der Waals surface area contributed by atoms with Crippen LogP contribution in [0.4, 0.5) is 4.39 Å². The number of aryl methyl sites for hydroxylation is 1. The quantitative estimate of drug-likeness (QED) is 0.941. The molecule has 1 N–H and O–H groups in total. The van der Waals surface area contributed by atoms with Gasteiger partial charge in [0.15, 0.2) is 0 Å². The van der Waals surface area contributed by atoms with Gasteiger partial charge in [0.2, 0.25) is 10.0 Å². The molecule has 0 radical (unpaired) electrons. The predicted molar refractivity (Wildman–Crippen MR) is 76.6 cm³/mol. The molecule has 0 aliphatic carbocycles. The van der Waals surface area contributed by atoms with Gasteiger partial charge in [-0.05, 0) is 48.4 Å².